The van der Waals surface area contributed by atoms with E-state index in [-0.39, 0.29) is 11.6 Å². The predicted octanol–water partition coefficient (Wildman–Crippen LogP) is 2.38. The minimum absolute atomic E-state index is 0.148. The fourth-order valence-electron chi connectivity index (χ4n) is 1.37. The highest BCUT2D eigenvalue weighted by atomic mass is 19.4. The summed E-state index contributed by atoms with van der Waals surface area (Å²) in [6.07, 6.45) is -3.88. The number of anilines is 2. The first kappa shape index (κ1) is 15.5. The van der Waals surface area contributed by atoms with Crippen LogP contribution in [0.15, 0.2) is 6.07 Å². The quantitative estimate of drug-likeness (QED) is 0.750. The third-order valence-corrected chi connectivity index (χ3v) is 2.17. The Morgan fingerprint density at radius 2 is 1.84 bits per heavy atom. The Morgan fingerprint density at radius 1 is 1.21 bits per heavy atom. The highest BCUT2D eigenvalue weighted by molar-refractivity contribution is 5.47. The number of halogens is 3. The molecule has 0 aromatic carbocycles. The summed E-state index contributed by atoms with van der Waals surface area (Å²) in [5, 5.41) is 5.57. The van der Waals surface area contributed by atoms with E-state index in [1.54, 1.807) is 14.0 Å². The van der Waals surface area contributed by atoms with Crippen molar-refractivity contribution in [2.75, 3.05) is 37.4 Å². The Hall–Kier alpha value is -1.57. The zero-order valence-electron chi connectivity index (χ0n) is 10.8. The predicted molar refractivity (Wildman–Crippen MR) is 66.2 cm³/mol. The lowest BCUT2D eigenvalue weighted by Gasteiger charge is -2.12. The maximum absolute atomic E-state index is 12.6. The molecule has 0 aliphatic heterocycles. The van der Waals surface area contributed by atoms with Crippen LogP contribution >= 0.6 is 0 Å². The monoisotopic (exact) mass is 278 g/mol. The van der Waals surface area contributed by atoms with Crippen molar-refractivity contribution >= 4 is 11.6 Å². The molecule has 0 spiro atoms. The maximum Gasteiger partial charge on any atom is 0.451 e. The van der Waals surface area contributed by atoms with E-state index in [0.29, 0.717) is 26.1 Å². The normalized spacial score (nSPS) is 11.4. The highest BCUT2D eigenvalue weighted by Gasteiger charge is 2.35. The second kappa shape index (κ2) is 7.13. The molecule has 0 saturated carbocycles. The fraction of sp³-hybridized carbons (Fsp3) is 0.636. The van der Waals surface area contributed by atoms with Gasteiger partial charge in [-0.15, -0.1) is 0 Å². The van der Waals surface area contributed by atoms with E-state index in [1.807, 2.05) is 0 Å². The van der Waals surface area contributed by atoms with Crippen LogP contribution in [0.25, 0.3) is 0 Å². The lowest BCUT2D eigenvalue weighted by atomic mass is 10.4. The van der Waals surface area contributed by atoms with Gasteiger partial charge in [-0.1, -0.05) is 0 Å². The van der Waals surface area contributed by atoms with E-state index in [9.17, 15) is 13.2 Å². The van der Waals surface area contributed by atoms with Gasteiger partial charge in [0.15, 0.2) is 0 Å². The second-order valence-electron chi connectivity index (χ2n) is 3.76. The van der Waals surface area contributed by atoms with Crippen LogP contribution in [0.5, 0.6) is 0 Å². The van der Waals surface area contributed by atoms with Crippen LogP contribution in [0.1, 0.15) is 19.2 Å². The minimum atomic E-state index is -4.56. The van der Waals surface area contributed by atoms with Crippen LogP contribution in [-0.2, 0) is 10.9 Å². The van der Waals surface area contributed by atoms with Crippen LogP contribution < -0.4 is 10.6 Å². The summed E-state index contributed by atoms with van der Waals surface area (Å²) in [7, 11) is 1.57. The molecule has 5 nitrogen and oxygen atoms in total. The first-order valence-corrected chi connectivity index (χ1v) is 5.90. The molecule has 0 unspecified atom stereocenters. The molecule has 1 rings (SSSR count). The molecule has 0 atom stereocenters. The van der Waals surface area contributed by atoms with Crippen molar-refractivity contribution in [1.82, 2.24) is 9.97 Å². The first-order chi connectivity index (χ1) is 8.97. The van der Waals surface area contributed by atoms with Gasteiger partial charge >= 0.3 is 6.18 Å². The van der Waals surface area contributed by atoms with E-state index in [4.69, 9.17) is 4.74 Å². The van der Waals surface area contributed by atoms with Crippen molar-refractivity contribution < 1.29 is 17.9 Å². The Balaban J connectivity index is 2.81. The van der Waals surface area contributed by atoms with Gasteiger partial charge in [0.1, 0.15) is 11.6 Å². The standard InChI is InChI=1S/C11H17F3N4O/c1-3-15-8-7-9(16-5-4-6-19-2)18-10(17-8)11(12,13)14/h7H,3-6H2,1-2H3,(H2,15,16,17,18). The zero-order chi connectivity index (χ0) is 14.3. The van der Waals surface area contributed by atoms with Crippen molar-refractivity contribution in [3.05, 3.63) is 11.9 Å². The van der Waals surface area contributed by atoms with Crippen LogP contribution in [-0.4, -0.2) is 36.8 Å². The fourth-order valence-corrected chi connectivity index (χ4v) is 1.37. The number of rotatable bonds is 7. The molecule has 0 amide bonds. The number of aromatic nitrogens is 2. The van der Waals surface area contributed by atoms with Crippen LogP contribution in [0.4, 0.5) is 24.8 Å². The summed E-state index contributed by atoms with van der Waals surface area (Å²) in [5.41, 5.74) is 0. The lowest BCUT2D eigenvalue weighted by Crippen LogP contribution is -2.16. The summed E-state index contributed by atoms with van der Waals surface area (Å²) in [4.78, 5) is 6.88. The molecule has 1 heterocycles. The number of hydrogen-bond donors (Lipinski definition) is 2. The number of ether oxygens (including phenoxy) is 1. The molecule has 19 heavy (non-hydrogen) atoms. The molecule has 1 aromatic rings. The van der Waals surface area contributed by atoms with Gasteiger partial charge < -0.3 is 15.4 Å². The molecule has 108 valence electrons. The minimum Gasteiger partial charge on any atom is -0.385 e. The van der Waals surface area contributed by atoms with Crippen LogP contribution in [0.2, 0.25) is 0 Å². The summed E-state index contributed by atoms with van der Waals surface area (Å²) in [6.45, 7) is 3.27. The van der Waals surface area contributed by atoms with Gasteiger partial charge in [0.25, 0.3) is 0 Å². The average molecular weight is 278 g/mol. The van der Waals surface area contributed by atoms with Crippen LogP contribution in [0.3, 0.4) is 0 Å². The summed E-state index contributed by atoms with van der Waals surface area (Å²) >= 11 is 0. The van der Waals surface area contributed by atoms with Gasteiger partial charge in [-0.05, 0) is 13.3 Å². The van der Waals surface area contributed by atoms with Crippen molar-refractivity contribution in [2.45, 2.75) is 19.5 Å². The number of methoxy groups -OCH3 is 1. The van der Waals surface area contributed by atoms with Gasteiger partial charge in [0, 0.05) is 32.9 Å². The largest absolute Gasteiger partial charge is 0.451 e. The van der Waals surface area contributed by atoms with Crippen molar-refractivity contribution in [3.63, 3.8) is 0 Å². The first-order valence-electron chi connectivity index (χ1n) is 5.90. The van der Waals surface area contributed by atoms with E-state index >= 15 is 0 Å². The van der Waals surface area contributed by atoms with Crippen molar-refractivity contribution in [2.24, 2.45) is 0 Å². The number of alkyl halides is 3. The zero-order valence-corrected chi connectivity index (χ0v) is 10.8. The Bertz CT molecular complexity index is 398. The molecule has 0 fully saturated rings. The number of nitrogens with one attached hydrogen (secondary N) is 2. The van der Waals surface area contributed by atoms with Gasteiger partial charge in [-0.25, -0.2) is 9.97 Å². The molecule has 0 radical (unpaired) electrons. The molecule has 0 bridgehead atoms. The van der Waals surface area contributed by atoms with Crippen LogP contribution in [0, 0.1) is 0 Å². The molecule has 0 saturated heterocycles. The summed E-state index contributed by atoms with van der Waals surface area (Å²) < 4.78 is 42.7. The van der Waals surface area contributed by atoms with E-state index in [1.165, 1.54) is 6.07 Å². The number of hydrogen-bond acceptors (Lipinski definition) is 5. The molecule has 1 aromatic heterocycles. The van der Waals surface area contributed by atoms with Gasteiger partial charge in [0.05, 0.1) is 0 Å². The molecule has 0 aliphatic rings. The molecule has 0 aliphatic carbocycles. The lowest BCUT2D eigenvalue weighted by molar-refractivity contribution is -0.144. The molecular formula is C11H17F3N4O. The second-order valence-corrected chi connectivity index (χ2v) is 3.76. The summed E-state index contributed by atoms with van der Waals surface area (Å²) in [6, 6.07) is 1.45. The Labute approximate surface area is 109 Å². The SMILES string of the molecule is CCNc1cc(NCCCOC)nc(C(F)(F)F)n1. The van der Waals surface area contributed by atoms with E-state index in [0.717, 1.165) is 0 Å². The van der Waals surface area contributed by atoms with E-state index in [2.05, 4.69) is 20.6 Å². The van der Waals surface area contributed by atoms with Gasteiger partial charge in [-0.3, -0.25) is 0 Å². The van der Waals surface area contributed by atoms with E-state index < -0.39 is 12.0 Å². The highest BCUT2D eigenvalue weighted by Crippen LogP contribution is 2.28. The Kier molecular flexibility index (Phi) is 5.81. The summed E-state index contributed by atoms with van der Waals surface area (Å²) in [5.74, 6) is -0.853. The van der Waals surface area contributed by atoms with Crippen molar-refractivity contribution in [3.8, 4) is 0 Å². The van der Waals surface area contributed by atoms with Gasteiger partial charge in [-0.2, -0.15) is 13.2 Å². The topological polar surface area (TPSA) is 59.1 Å². The number of nitrogens with zero attached hydrogens (tertiary/aromatic N) is 2. The third kappa shape index (κ3) is 5.29. The maximum atomic E-state index is 12.6. The third-order valence-electron chi connectivity index (χ3n) is 2.17. The van der Waals surface area contributed by atoms with Crippen molar-refractivity contribution in [1.29, 1.82) is 0 Å². The molecule has 8 heteroatoms. The molecule has 2 N–H and O–H groups in total. The molecular weight excluding hydrogens is 261 g/mol. The average Bonchev–Trinajstić information content (AvgIpc) is 2.34. The Morgan fingerprint density at radius 3 is 2.37 bits per heavy atom. The smallest absolute Gasteiger partial charge is 0.385 e. The van der Waals surface area contributed by atoms with Gasteiger partial charge in [0.2, 0.25) is 5.82 Å².